The van der Waals surface area contributed by atoms with E-state index in [4.69, 9.17) is 9.47 Å². The Labute approximate surface area is 189 Å². The van der Waals surface area contributed by atoms with Crippen molar-refractivity contribution in [1.82, 2.24) is 4.90 Å². The van der Waals surface area contributed by atoms with E-state index in [1.165, 1.54) is 5.56 Å². The minimum absolute atomic E-state index is 0.107. The molecule has 0 radical (unpaired) electrons. The Morgan fingerprint density at radius 1 is 1.28 bits per heavy atom. The molecular formula is C27H31NO4. The molecule has 2 aromatic carbocycles. The number of aryl methyl sites for hydroxylation is 1. The number of phenols is 1. The Balaban J connectivity index is 1.37. The van der Waals surface area contributed by atoms with Crippen molar-refractivity contribution in [3.05, 3.63) is 53.1 Å². The van der Waals surface area contributed by atoms with Crippen molar-refractivity contribution in [2.45, 2.75) is 62.5 Å². The fourth-order valence-electron chi connectivity index (χ4n) is 7.23. The number of phenolic OH excluding ortho intramolecular Hbond substituents is 1. The van der Waals surface area contributed by atoms with Gasteiger partial charge in [0.05, 0.1) is 12.0 Å². The lowest BCUT2D eigenvalue weighted by molar-refractivity contribution is -0.153. The maximum Gasteiger partial charge on any atom is 0.177 e. The van der Waals surface area contributed by atoms with Crippen molar-refractivity contribution in [3.8, 4) is 17.2 Å². The molecule has 6 rings (SSSR count). The molecule has 168 valence electrons. The first kappa shape index (κ1) is 20.1. The highest BCUT2D eigenvalue weighted by atomic mass is 16.5. The van der Waals surface area contributed by atoms with Crippen molar-refractivity contribution in [2.24, 2.45) is 5.92 Å². The van der Waals surface area contributed by atoms with Crippen LogP contribution in [0.4, 0.5) is 0 Å². The van der Waals surface area contributed by atoms with Crippen LogP contribution in [0.5, 0.6) is 17.2 Å². The van der Waals surface area contributed by atoms with E-state index in [2.05, 4.69) is 36.2 Å². The van der Waals surface area contributed by atoms with Gasteiger partial charge in [-0.05, 0) is 64.1 Å². The number of nitrogens with zero attached hydrogens (tertiary/aromatic N) is 1. The summed E-state index contributed by atoms with van der Waals surface area (Å²) in [6.45, 7) is 3.50. The summed E-state index contributed by atoms with van der Waals surface area (Å²) in [4.78, 5) is 15.7. The van der Waals surface area contributed by atoms with Crippen molar-refractivity contribution in [3.63, 3.8) is 0 Å². The third-order valence-electron chi connectivity index (χ3n) is 8.79. The molecule has 0 amide bonds. The van der Waals surface area contributed by atoms with Crippen LogP contribution in [0, 0.1) is 5.92 Å². The largest absolute Gasteiger partial charge is 0.504 e. The fourth-order valence-corrected chi connectivity index (χ4v) is 7.23. The molecule has 0 unspecified atom stereocenters. The lowest BCUT2D eigenvalue weighted by Crippen LogP contribution is -2.70. The molecule has 2 fully saturated rings. The summed E-state index contributed by atoms with van der Waals surface area (Å²) in [6.07, 6.45) is 5.08. The normalized spacial score (nSPS) is 32.4. The molecule has 5 nitrogen and oxygen atoms in total. The van der Waals surface area contributed by atoms with Crippen LogP contribution in [-0.2, 0) is 23.1 Å². The molecule has 0 aromatic heterocycles. The number of hydrogen-bond acceptors (Lipinski definition) is 5. The molecule has 5 heteroatoms. The number of Topliss-reactive ketones (excluding diaryl/α,β-unsaturated/α-hetero) is 1. The monoisotopic (exact) mass is 433 g/mol. The predicted octanol–water partition coefficient (Wildman–Crippen LogP) is 4.03. The van der Waals surface area contributed by atoms with Gasteiger partial charge in [-0.3, -0.25) is 4.79 Å². The summed E-state index contributed by atoms with van der Waals surface area (Å²) in [5.41, 5.74) is 2.26. The molecule has 2 aliphatic heterocycles. The smallest absolute Gasteiger partial charge is 0.177 e. The second-order valence-electron chi connectivity index (χ2n) is 10.2. The zero-order chi connectivity index (χ0) is 22.1. The molecule has 4 aliphatic rings. The van der Waals surface area contributed by atoms with Crippen LogP contribution in [0.1, 0.15) is 49.3 Å². The van der Waals surface area contributed by atoms with E-state index >= 15 is 0 Å². The predicted molar refractivity (Wildman–Crippen MR) is 122 cm³/mol. The minimum atomic E-state index is -0.893. The van der Waals surface area contributed by atoms with Gasteiger partial charge in [0.1, 0.15) is 5.75 Å². The number of rotatable bonds is 5. The van der Waals surface area contributed by atoms with Crippen LogP contribution in [0.15, 0.2) is 36.4 Å². The number of likely N-dealkylation sites (N-methyl/N-ethyl adjacent to an activating group) is 1. The van der Waals surface area contributed by atoms with Gasteiger partial charge in [0, 0.05) is 29.7 Å². The summed E-state index contributed by atoms with van der Waals surface area (Å²) >= 11 is 0. The highest BCUT2D eigenvalue weighted by Crippen LogP contribution is 2.68. The number of aromatic hydroxyl groups is 1. The summed E-state index contributed by atoms with van der Waals surface area (Å²) in [6, 6.07) is 12.5. The number of ether oxygens (including phenoxy) is 2. The van der Waals surface area contributed by atoms with E-state index in [1.54, 1.807) is 6.07 Å². The first-order valence-electron chi connectivity index (χ1n) is 11.9. The van der Waals surface area contributed by atoms with Crippen molar-refractivity contribution in [2.75, 3.05) is 20.2 Å². The van der Waals surface area contributed by atoms with Crippen LogP contribution < -0.4 is 9.47 Å². The number of carbonyl (C=O) groups is 1. The molecule has 1 saturated heterocycles. The summed E-state index contributed by atoms with van der Waals surface area (Å²) in [5.74, 6) is 1.94. The summed E-state index contributed by atoms with van der Waals surface area (Å²) in [5, 5.41) is 10.9. The van der Waals surface area contributed by atoms with E-state index in [-0.39, 0.29) is 16.9 Å². The highest BCUT2D eigenvalue weighted by Gasteiger charge is 2.71. The van der Waals surface area contributed by atoms with E-state index < -0.39 is 5.60 Å². The van der Waals surface area contributed by atoms with Gasteiger partial charge in [0.25, 0.3) is 0 Å². The quantitative estimate of drug-likeness (QED) is 0.722. The van der Waals surface area contributed by atoms with Crippen molar-refractivity contribution >= 4 is 5.78 Å². The summed E-state index contributed by atoms with van der Waals surface area (Å²) < 4.78 is 12.7. The van der Waals surface area contributed by atoms with Crippen LogP contribution in [0.25, 0.3) is 0 Å². The van der Waals surface area contributed by atoms with Crippen molar-refractivity contribution < 1.29 is 19.4 Å². The van der Waals surface area contributed by atoms with Gasteiger partial charge in [-0.1, -0.05) is 30.3 Å². The first-order chi connectivity index (χ1) is 15.5. The average molecular weight is 434 g/mol. The molecule has 32 heavy (non-hydrogen) atoms. The molecule has 1 spiro atoms. The Bertz CT molecular complexity index is 1080. The van der Waals surface area contributed by atoms with Gasteiger partial charge < -0.3 is 19.5 Å². The number of piperidine rings is 1. The number of benzene rings is 2. The maximum atomic E-state index is 13.2. The number of carbonyl (C=O) groups excluding carboxylic acids is 1. The Morgan fingerprint density at radius 3 is 2.91 bits per heavy atom. The standard InChI is InChI=1S/C27H31NO4/c1-26-23(30)11-10-19-20-15-18-22(31-14-6-9-17-7-4-3-5-8-17)16-21(29)25(32-26)24(18)27(19,26)12-13-28(20)2/h3-5,7-8,16,19-20,29H,6,9-15H2,1-2H3/t19-,20+,26-,27-/m0/s1. The molecular weight excluding hydrogens is 402 g/mol. The van der Waals surface area contributed by atoms with Gasteiger partial charge in [0.15, 0.2) is 22.9 Å². The molecule has 2 heterocycles. The lowest BCUT2D eigenvalue weighted by atomic mass is 9.47. The second kappa shape index (κ2) is 6.98. The van der Waals surface area contributed by atoms with E-state index in [0.29, 0.717) is 30.7 Å². The van der Waals surface area contributed by atoms with Gasteiger partial charge in [-0.15, -0.1) is 0 Å². The lowest BCUT2D eigenvalue weighted by Gasteiger charge is -2.60. The average Bonchev–Trinajstić information content (AvgIpc) is 3.07. The Morgan fingerprint density at radius 2 is 2.09 bits per heavy atom. The minimum Gasteiger partial charge on any atom is -0.504 e. The second-order valence-corrected chi connectivity index (χ2v) is 10.2. The number of hydrogen-bond donors (Lipinski definition) is 1. The third-order valence-corrected chi connectivity index (χ3v) is 8.79. The van der Waals surface area contributed by atoms with Crippen LogP contribution in [0.2, 0.25) is 0 Å². The van der Waals surface area contributed by atoms with E-state index in [9.17, 15) is 9.90 Å². The molecule has 4 atom stereocenters. The van der Waals surface area contributed by atoms with Crippen LogP contribution >= 0.6 is 0 Å². The fraction of sp³-hybridized carbons (Fsp3) is 0.519. The number of ketones is 1. The maximum absolute atomic E-state index is 13.2. The molecule has 2 bridgehead atoms. The SMILES string of the molecule is CN1CC[C@]23c4c5c(OCCCc6ccccc6)cc(O)c4O[C@@]2(C)C(=O)CC[C@H]3[C@H]1C5. The zero-order valence-electron chi connectivity index (χ0n) is 18.9. The van der Waals surface area contributed by atoms with Gasteiger partial charge in [0.2, 0.25) is 0 Å². The van der Waals surface area contributed by atoms with Gasteiger partial charge in [-0.25, -0.2) is 0 Å². The highest BCUT2D eigenvalue weighted by molar-refractivity contribution is 5.93. The third kappa shape index (κ3) is 2.52. The van der Waals surface area contributed by atoms with Crippen molar-refractivity contribution in [1.29, 1.82) is 0 Å². The van der Waals surface area contributed by atoms with Crippen LogP contribution in [0.3, 0.4) is 0 Å². The van der Waals surface area contributed by atoms with Gasteiger partial charge >= 0.3 is 0 Å². The molecule has 2 aromatic rings. The molecule has 2 aliphatic carbocycles. The zero-order valence-corrected chi connectivity index (χ0v) is 18.9. The molecule has 1 N–H and O–H groups in total. The summed E-state index contributed by atoms with van der Waals surface area (Å²) in [7, 11) is 2.20. The van der Waals surface area contributed by atoms with Gasteiger partial charge in [-0.2, -0.15) is 0 Å². The molecule has 1 saturated carbocycles. The Hall–Kier alpha value is -2.53. The topological polar surface area (TPSA) is 59.0 Å². The first-order valence-corrected chi connectivity index (χ1v) is 11.9. The van der Waals surface area contributed by atoms with E-state index in [0.717, 1.165) is 55.5 Å². The van der Waals surface area contributed by atoms with Crippen LogP contribution in [-0.4, -0.2) is 47.6 Å². The van der Waals surface area contributed by atoms with E-state index in [1.807, 2.05) is 13.0 Å². The Kier molecular flexibility index (Phi) is 4.39. The number of likely N-dealkylation sites (tertiary alicyclic amines) is 1.